The number of nitrogens with one attached hydrogen (secondary N) is 1. The molecule has 0 bridgehead atoms. The van der Waals surface area contributed by atoms with Crippen LogP contribution in [0.15, 0.2) is 97.3 Å². The summed E-state index contributed by atoms with van der Waals surface area (Å²) in [5.41, 5.74) is 2.90. The van der Waals surface area contributed by atoms with Crippen LogP contribution in [0, 0.1) is 0 Å². The number of fused-ring (bicyclic) bond motifs is 2. The molecule has 0 saturated carbocycles. The average molecular weight is 619 g/mol. The highest BCUT2D eigenvalue weighted by Crippen LogP contribution is 2.54. The van der Waals surface area contributed by atoms with Gasteiger partial charge in [-0.1, -0.05) is 79.7 Å². The molecule has 9 nitrogen and oxygen atoms in total. The number of rotatable bonds is 9. The van der Waals surface area contributed by atoms with Gasteiger partial charge in [0.2, 0.25) is 0 Å². The van der Waals surface area contributed by atoms with Gasteiger partial charge in [-0.15, -0.1) is 0 Å². The molecule has 236 valence electrons. The maximum atomic E-state index is 12.8. The third-order valence-corrected chi connectivity index (χ3v) is 9.26. The largest absolute Gasteiger partial charge is 0.497 e. The molecule has 5 aromatic rings. The minimum atomic E-state index is -0.908. The highest BCUT2D eigenvalue weighted by Gasteiger charge is 2.64. The maximum Gasteiger partial charge on any atom is 0.164 e. The van der Waals surface area contributed by atoms with Crippen LogP contribution in [0.1, 0.15) is 73.0 Å². The van der Waals surface area contributed by atoms with Crippen LogP contribution in [0.2, 0.25) is 0 Å². The lowest BCUT2D eigenvalue weighted by atomic mass is 9.77. The average Bonchev–Trinajstić information content (AvgIpc) is 3.67. The molecule has 2 aromatic heterocycles. The SMILES string of the molecule is CC[C@H]1O[C@@H](c2cc(C=O)c3c(NC(c4ccccc4)(c4ccccc4)c4ccc(OC)cc4)ncnn23)[C@]2(C)OC(C)(C)O[C@H]12. The van der Waals surface area contributed by atoms with Gasteiger partial charge in [-0.05, 0) is 62.1 Å². The molecule has 4 heterocycles. The van der Waals surface area contributed by atoms with Crippen LogP contribution in [0.25, 0.3) is 5.52 Å². The summed E-state index contributed by atoms with van der Waals surface area (Å²) >= 11 is 0. The monoisotopic (exact) mass is 618 g/mol. The summed E-state index contributed by atoms with van der Waals surface area (Å²) in [5.74, 6) is 0.459. The Kier molecular flexibility index (Phi) is 7.43. The molecule has 4 atom stereocenters. The molecular formula is C37H38N4O5. The summed E-state index contributed by atoms with van der Waals surface area (Å²) in [6.45, 7) is 7.94. The fourth-order valence-corrected chi connectivity index (χ4v) is 7.31. The number of anilines is 1. The van der Waals surface area contributed by atoms with Gasteiger partial charge in [-0.3, -0.25) is 4.79 Å². The Labute approximate surface area is 268 Å². The number of aromatic nitrogens is 3. The zero-order chi connectivity index (χ0) is 32.1. The van der Waals surface area contributed by atoms with Crippen LogP contribution in [0.4, 0.5) is 5.82 Å². The van der Waals surface area contributed by atoms with E-state index in [1.807, 2.05) is 87.5 Å². The predicted molar refractivity (Wildman–Crippen MR) is 174 cm³/mol. The standard InChI is InChI=1S/C37H38N4O5/c1-6-30-33-36(4,46-35(2,3)45-33)32(44-30)29-21-24(22-42)31-34(38-23-39-41(29)31)40-37(25-13-9-7-10-14-25,26-15-11-8-12-16-26)27-17-19-28(43-5)20-18-27/h7-23,30,32-33H,6H2,1-5H3,(H,38,39,40)/t30-,32+,33-,36+/m1/s1. The number of hydrogen-bond donors (Lipinski definition) is 1. The van der Waals surface area contributed by atoms with Crippen LogP contribution < -0.4 is 10.1 Å². The van der Waals surface area contributed by atoms with Crippen molar-refractivity contribution in [1.82, 2.24) is 14.6 Å². The van der Waals surface area contributed by atoms with E-state index in [-0.39, 0.29) is 12.2 Å². The Balaban J connectivity index is 1.44. The van der Waals surface area contributed by atoms with E-state index >= 15 is 0 Å². The second kappa shape index (κ2) is 11.3. The Morgan fingerprint density at radius 3 is 2.17 bits per heavy atom. The zero-order valence-corrected chi connectivity index (χ0v) is 26.6. The number of methoxy groups -OCH3 is 1. The van der Waals surface area contributed by atoms with Gasteiger partial charge in [-0.25, -0.2) is 9.50 Å². The van der Waals surface area contributed by atoms with Crippen LogP contribution in [-0.2, 0) is 19.7 Å². The van der Waals surface area contributed by atoms with Gasteiger partial charge in [0.25, 0.3) is 0 Å². The molecule has 2 aliphatic rings. The van der Waals surface area contributed by atoms with Gasteiger partial charge < -0.3 is 24.3 Å². The van der Waals surface area contributed by atoms with E-state index in [9.17, 15) is 4.79 Å². The van der Waals surface area contributed by atoms with Crippen molar-refractivity contribution in [2.45, 2.75) is 69.4 Å². The van der Waals surface area contributed by atoms with Gasteiger partial charge in [0.05, 0.1) is 18.9 Å². The number of nitrogens with zero attached hydrogens (tertiary/aromatic N) is 3. The van der Waals surface area contributed by atoms with Crippen molar-refractivity contribution in [2.24, 2.45) is 0 Å². The Hall–Kier alpha value is -4.57. The Morgan fingerprint density at radius 2 is 1.59 bits per heavy atom. The van der Waals surface area contributed by atoms with E-state index in [1.54, 1.807) is 11.6 Å². The molecule has 7 rings (SSSR count). The molecule has 3 aromatic carbocycles. The van der Waals surface area contributed by atoms with Crippen molar-refractivity contribution in [1.29, 1.82) is 0 Å². The lowest BCUT2D eigenvalue weighted by Gasteiger charge is -2.37. The first-order valence-corrected chi connectivity index (χ1v) is 15.6. The smallest absolute Gasteiger partial charge is 0.164 e. The van der Waals surface area contributed by atoms with E-state index < -0.39 is 23.0 Å². The summed E-state index contributed by atoms with van der Waals surface area (Å²) < 4.78 is 26.8. The number of carbonyl (C=O) groups is 1. The van der Waals surface area contributed by atoms with Crippen molar-refractivity contribution in [3.05, 3.63) is 125 Å². The lowest BCUT2D eigenvalue weighted by Crippen LogP contribution is -2.40. The van der Waals surface area contributed by atoms with E-state index in [4.69, 9.17) is 23.9 Å². The van der Waals surface area contributed by atoms with Gasteiger partial charge in [0, 0.05) is 5.56 Å². The first kappa shape index (κ1) is 30.1. The second-order valence-corrected chi connectivity index (χ2v) is 12.5. The third-order valence-electron chi connectivity index (χ3n) is 9.26. The molecule has 1 N–H and O–H groups in total. The highest BCUT2D eigenvalue weighted by molar-refractivity contribution is 5.92. The molecule has 2 saturated heterocycles. The summed E-state index contributed by atoms with van der Waals surface area (Å²) in [6.07, 6.45) is 2.10. The summed E-state index contributed by atoms with van der Waals surface area (Å²) in [5, 5.41) is 8.49. The Morgan fingerprint density at radius 1 is 0.957 bits per heavy atom. The highest BCUT2D eigenvalue weighted by atomic mass is 16.8. The lowest BCUT2D eigenvalue weighted by molar-refractivity contribution is -0.204. The molecule has 9 heteroatoms. The summed E-state index contributed by atoms with van der Waals surface area (Å²) in [4.78, 5) is 17.5. The molecule has 2 fully saturated rings. The molecule has 0 unspecified atom stereocenters. The van der Waals surface area contributed by atoms with E-state index in [0.717, 1.165) is 35.1 Å². The number of ether oxygens (including phenoxy) is 4. The minimum Gasteiger partial charge on any atom is -0.497 e. The van der Waals surface area contributed by atoms with Crippen LogP contribution in [0.3, 0.4) is 0 Å². The zero-order valence-electron chi connectivity index (χ0n) is 26.6. The molecular weight excluding hydrogens is 580 g/mol. The van der Waals surface area contributed by atoms with Crippen LogP contribution in [0.5, 0.6) is 5.75 Å². The van der Waals surface area contributed by atoms with Gasteiger partial charge in [-0.2, -0.15) is 5.10 Å². The van der Waals surface area contributed by atoms with Crippen LogP contribution >= 0.6 is 0 Å². The van der Waals surface area contributed by atoms with Gasteiger partial charge in [0.15, 0.2) is 17.9 Å². The fraction of sp³-hybridized carbons (Fsp3) is 0.324. The van der Waals surface area contributed by atoms with Crippen molar-refractivity contribution in [3.8, 4) is 5.75 Å². The van der Waals surface area contributed by atoms with E-state index in [2.05, 4.69) is 41.6 Å². The van der Waals surface area contributed by atoms with Gasteiger partial charge >= 0.3 is 0 Å². The van der Waals surface area contributed by atoms with E-state index in [1.165, 1.54) is 6.33 Å². The fourth-order valence-electron chi connectivity index (χ4n) is 7.31. The van der Waals surface area contributed by atoms with Crippen LogP contribution in [-0.4, -0.2) is 51.6 Å². The molecule has 2 aliphatic heterocycles. The molecule has 0 radical (unpaired) electrons. The van der Waals surface area contributed by atoms with Crippen molar-refractivity contribution in [3.63, 3.8) is 0 Å². The quantitative estimate of drug-likeness (QED) is 0.144. The maximum absolute atomic E-state index is 12.8. The van der Waals surface area contributed by atoms with Crippen molar-refractivity contribution < 1.29 is 23.7 Å². The van der Waals surface area contributed by atoms with Crippen molar-refractivity contribution >= 4 is 17.6 Å². The number of hydrogen-bond acceptors (Lipinski definition) is 8. The molecule has 46 heavy (non-hydrogen) atoms. The van der Waals surface area contributed by atoms with Crippen molar-refractivity contribution in [2.75, 3.05) is 12.4 Å². The number of carbonyl (C=O) groups excluding carboxylic acids is 1. The van der Waals surface area contributed by atoms with Gasteiger partial charge in [0.1, 0.15) is 40.9 Å². The first-order valence-electron chi connectivity index (χ1n) is 15.6. The first-order chi connectivity index (χ1) is 22.2. The number of benzene rings is 3. The molecule has 0 aliphatic carbocycles. The van der Waals surface area contributed by atoms with E-state index in [0.29, 0.717) is 22.6 Å². The topological polar surface area (TPSA) is 96.2 Å². The molecule has 0 amide bonds. The predicted octanol–water partition coefficient (Wildman–Crippen LogP) is 6.71. The molecule has 0 spiro atoms. The normalized spacial score (nSPS) is 23.7. The minimum absolute atomic E-state index is 0.180. The number of aldehydes is 1. The summed E-state index contributed by atoms with van der Waals surface area (Å²) in [6, 6.07) is 30.2. The summed E-state index contributed by atoms with van der Waals surface area (Å²) in [7, 11) is 1.65. The second-order valence-electron chi connectivity index (χ2n) is 12.5. The third kappa shape index (κ3) is 4.69. The Bertz CT molecular complexity index is 1820.